The van der Waals surface area contributed by atoms with Crippen LogP contribution < -0.4 is 0 Å². The summed E-state index contributed by atoms with van der Waals surface area (Å²) in [7, 11) is 0. The smallest absolute Gasteiger partial charge is 0.256 e. The summed E-state index contributed by atoms with van der Waals surface area (Å²) in [5.74, 6) is 0.177. The summed E-state index contributed by atoms with van der Waals surface area (Å²) < 4.78 is 3.25. The highest BCUT2D eigenvalue weighted by molar-refractivity contribution is 9.10. The van der Waals surface area contributed by atoms with E-state index in [1.807, 2.05) is 18.2 Å². The van der Waals surface area contributed by atoms with E-state index in [1.165, 1.54) is 24.8 Å². The van der Waals surface area contributed by atoms with Crippen LogP contribution in [0.1, 0.15) is 85.2 Å². The first-order chi connectivity index (χ1) is 12.9. The Morgan fingerprint density at radius 2 is 1.85 bits per heavy atom. The molecule has 2 aliphatic rings. The van der Waals surface area contributed by atoms with E-state index in [9.17, 15) is 4.79 Å². The largest absolute Gasteiger partial charge is 0.334 e. The van der Waals surface area contributed by atoms with Crippen molar-refractivity contribution in [2.45, 2.75) is 71.0 Å². The van der Waals surface area contributed by atoms with Gasteiger partial charge in [-0.1, -0.05) is 36.9 Å². The van der Waals surface area contributed by atoms with Gasteiger partial charge in [-0.25, -0.2) is 0 Å². The van der Waals surface area contributed by atoms with Gasteiger partial charge in [0, 0.05) is 17.1 Å². The third kappa shape index (κ3) is 3.15. The Hall–Kier alpha value is -1.26. The molecule has 0 radical (unpaired) electrons. The van der Waals surface area contributed by atoms with Gasteiger partial charge in [-0.2, -0.15) is 0 Å². The molecule has 1 saturated carbocycles. The SMILES string of the molecule is Cc1cc(Cl)ccc1C1c2c(cc(Br)n2C(C)C)C(=O)N1C1CCCCC1. The number of carbonyl (C=O) groups excluding carboxylic acids is 1. The fourth-order valence-corrected chi connectivity index (χ4v) is 5.91. The number of aryl methyl sites for hydroxylation is 1. The van der Waals surface area contributed by atoms with Gasteiger partial charge in [-0.15, -0.1) is 0 Å². The summed E-state index contributed by atoms with van der Waals surface area (Å²) in [6.07, 6.45) is 5.89. The lowest BCUT2D eigenvalue weighted by Crippen LogP contribution is -2.40. The molecular weight excluding hydrogens is 424 g/mol. The molecule has 1 atom stereocenters. The molecule has 27 heavy (non-hydrogen) atoms. The van der Waals surface area contributed by atoms with Crippen molar-refractivity contribution in [2.24, 2.45) is 0 Å². The lowest BCUT2D eigenvalue weighted by molar-refractivity contribution is 0.0605. The van der Waals surface area contributed by atoms with E-state index < -0.39 is 0 Å². The van der Waals surface area contributed by atoms with Crippen LogP contribution in [0.3, 0.4) is 0 Å². The van der Waals surface area contributed by atoms with Crippen molar-refractivity contribution in [1.82, 2.24) is 9.47 Å². The fourth-order valence-electron chi connectivity index (χ4n) is 4.85. The Morgan fingerprint density at radius 1 is 1.15 bits per heavy atom. The molecule has 3 nitrogen and oxygen atoms in total. The number of aromatic nitrogens is 1. The molecule has 1 aromatic heterocycles. The third-order valence-corrected chi connectivity index (χ3v) is 6.89. The average Bonchev–Trinajstić information content (AvgIpc) is 3.09. The Kier molecular flexibility index (Phi) is 5.15. The summed E-state index contributed by atoms with van der Waals surface area (Å²) in [4.78, 5) is 15.7. The van der Waals surface area contributed by atoms with Crippen LogP contribution in [-0.4, -0.2) is 21.4 Å². The molecule has 0 spiro atoms. The molecule has 1 aromatic carbocycles. The van der Waals surface area contributed by atoms with E-state index in [0.717, 1.165) is 39.3 Å². The first kappa shape index (κ1) is 19.1. The first-order valence-electron chi connectivity index (χ1n) is 9.89. The summed E-state index contributed by atoms with van der Waals surface area (Å²) in [5, 5.41) is 0.741. The van der Waals surface area contributed by atoms with Crippen molar-refractivity contribution in [2.75, 3.05) is 0 Å². The van der Waals surface area contributed by atoms with Crippen LogP contribution >= 0.6 is 27.5 Å². The van der Waals surface area contributed by atoms with E-state index in [-0.39, 0.29) is 18.0 Å². The highest BCUT2D eigenvalue weighted by Crippen LogP contribution is 2.46. The van der Waals surface area contributed by atoms with Gasteiger partial charge in [0.2, 0.25) is 0 Å². The number of nitrogens with zero attached hydrogens (tertiary/aromatic N) is 2. The van der Waals surface area contributed by atoms with Crippen LogP contribution in [0.5, 0.6) is 0 Å². The number of carbonyl (C=O) groups is 1. The minimum absolute atomic E-state index is 0.0402. The van der Waals surface area contributed by atoms with Crippen LogP contribution in [0.4, 0.5) is 0 Å². The number of amides is 1. The van der Waals surface area contributed by atoms with E-state index in [1.54, 1.807) is 0 Å². The molecular formula is C22H26BrClN2O. The number of benzene rings is 1. The molecule has 1 unspecified atom stereocenters. The predicted octanol–water partition coefficient (Wildman–Crippen LogP) is 6.67. The molecule has 0 saturated heterocycles. The zero-order chi connectivity index (χ0) is 19.3. The van der Waals surface area contributed by atoms with Gasteiger partial charge in [0.15, 0.2) is 0 Å². The van der Waals surface area contributed by atoms with E-state index in [0.29, 0.717) is 6.04 Å². The van der Waals surface area contributed by atoms with Gasteiger partial charge < -0.3 is 9.47 Å². The van der Waals surface area contributed by atoms with Gasteiger partial charge in [0.1, 0.15) is 0 Å². The van der Waals surface area contributed by atoms with Crippen molar-refractivity contribution in [3.63, 3.8) is 0 Å². The summed E-state index contributed by atoms with van der Waals surface area (Å²) in [5.41, 5.74) is 4.30. The van der Waals surface area contributed by atoms with Crippen molar-refractivity contribution in [3.8, 4) is 0 Å². The molecule has 1 amide bonds. The molecule has 0 bridgehead atoms. The summed E-state index contributed by atoms with van der Waals surface area (Å²) in [6, 6.07) is 8.63. The van der Waals surface area contributed by atoms with E-state index >= 15 is 0 Å². The van der Waals surface area contributed by atoms with Crippen molar-refractivity contribution in [3.05, 3.63) is 56.3 Å². The maximum Gasteiger partial charge on any atom is 0.256 e. The lowest BCUT2D eigenvalue weighted by Gasteiger charge is -2.37. The second kappa shape index (κ2) is 7.29. The highest BCUT2D eigenvalue weighted by atomic mass is 79.9. The highest BCUT2D eigenvalue weighted by Gasteiger charge is 2.45. The number of fused-ring (bicyclic) bond motifs is 1. The maximum absolute atomic E-state index is 13.5. The second-order valence-corrected chi connectivity index (χ2v) is 9.39. The van der Waals surface area contributed by atoms with Crippen LogP contribution in [0.15, 0.2) is 28.9 Å². The quantitative estimate of drug-likeness (QED) is 0.513. The van der Waals surface area contributed by atoms with Gasteiger partial charge >= 0.3 is 0 Å². The molecule has 0 N–H and O–H groups in total. The minimum atomic E-state index is -0.0402. The normalized spacial score (nSPS) is 20.6. The van der Waals surface area contributed by atoms with Crippen molar-refractivity contribution < 1.29 is 4.79 Å². The van der Waals surface area contributed by atoms with Gasteiger partial charge in [-0.3, -0.25) is 4.79 Å². The zero-order valence-corrected chi connectivity index (χ0v) is 18.5. The first-order valence-corrected chi connectivity index (χ1v) is 11.1. The van der Waals surface area contributed by atoms with Crippen LogP contribution in [-0.2, 0) is 0 Å². The molecule has 1 fully saturated rings. The predicted molar refractivity (Wildman–Crippen MR) is 114 cm³/mol. The van der Waals surface area contributed by atoms with Gasteiger partial charge in [-0.05, 0) is 78.9 Å². The zero-order valence-electron chi connectivity index (χ0n) is 16.1. The summed E-state index contributed by atoms with van der Waals surface area (Å²) >= 11 is 9.92. The molecule has 4 rings (SSSR count). The molecule has 1 aliphatic carbocycles. The number of hydrogen-bond donors (Lipinski definition) is 0. The van der Waals surface area contributed by atoms with Crippen LogP contribution in [0, 0.1) is 6.92 Å². The molecule has 1 aliphatic heterocycles. The van der Waals surface area contributed by atoms with E-state index in [2.05, 4.69) is 52.2 Å². The topological polar surface area (TPSA) is 25.2 Å². The number of rotatable bonds is 3. The molecule has 2 aromatic rings. The van der Waals surface area contributed by atoms with Crippen LogP contribution in [0.2, 0.25) is 5.02 Å². The monoisotopic (exact) mass is 448 g/mol. The van der Waals surface area contributed by atoms with E-state index in [4.69, 9.17) is 11.6 Å². The number of halogens is 2. The second-order valence-electron chi connectivity index (χ2n) is 8.14. The lowest BCUT2D eigenvalue weighted by atomic mass is 9.91. The van der Waals surface area contributed by atoms with Crippen molar-refractivity contribution >= 4 is 33.4 Å². The Balaban J connectivity index is 1.91. The fraction of sp³-hybridized carbons (Fsp3) is 0.500. The standard InChI is InChI=1S/C22H26BrClN2O/c1-13(2)25-19(23)12-18-21(25)20(17-10-9-15(24)11-14(17)3)26(22(18)27)16-7-5-4-6-8-16/h9-13,16,20H,4-8H2,1-3H3. The Morgan fingerprint density at radius 3 is 2.48 bits per heavy atom. The molecule has 2 heterocycles. The van der Waals surface area contributed by atoms with Gasteiger partial charge in [0.25, 0.3) is 5.91 Å². The average molecular weight is 450 g/mol. The van der Waals surface area contributed by atoms with Crippen molar-refractivity contribution in [1.29, 1.82) is 0 Å². The molecule has 5 heteroatoms. The molecule has 144 valence electrons. The minimum Gasteiger partial charge on any atom is -0.334 e. The summed E-state index contributed by atoms with van der Waals surface area (Å²) in [6.45, 7) is 6.44. The maximum atomic E-state index is 13.5. The Bertz CT molecular complexity index is 883. The Labute approximate surface area is 174 Å². The third-order valence-electron chi connectivity index (χ3n) is 6.04. The van der Waals surface area contributed by atoms with Gasteiger partial charge in [0.05, 0.1) is 21.9 Å². The number of hydrogen-bond acceptors (Lipinski definition) is 1. The van der Waals surface area contributed by atoms with Crippen LogP contribution in [0.25, 0.3) is 0 Å².